The minimum atomic E-state index is -4.09. The van der Waals surface area contributed by atoms with Gasteiger partial charge in [0.25, 0.3) is 5.56 Å². The van der Waals surface area contributed by atoms with Crippen LogP contribution in [0.4, 0.5) is 10.3 Å². The van der Waals surface area contributed by atoms with Crippen molar-refractivity contribution in [2.24, 2.45) is 0 Å². The second-order valence-corrected chi connectivity index (χ2v) is 9.06. The lowest BCUT2D eigenvalue weighted by Gasteiger charge is -2.16. The largest absolute Gasteiger partial charge is 0.479 e. The summed E-state index contributed by atoms with van der Waals surface area (Å²) in [7, 11) is -2.78. The van der Waals surface area contributed by atoms with E-state index in [1.807, 2.05) is 0 Å². The normalized spacial score (nSPS) is 13.6. The first-order chi connectivity index (χ1) is 16.3. The van der Waals surface area contributed by atoms with Gasteiger partial charge in [-0.05, 0) is 19.1 Å². The predicted molar refractivity (Wildman–Crippen MR) is 118 cm³/mol. The molecule has 0 spiro atoms. The van der Waals surface area contributed by atoms with Gasteiger partial charge in [0.15, 0.2) is 17.3 Å². The van der Waals surface area contributed by atoms with Crippen LogP contribution in [0.5, 0.6) is 5.88 Å². The molecule has 1 aliphatic rings. The molecule has 12 nitrogen and oxygen atoms in total. The summed E-state index contributed by atoms with van der Waals surface area (Å²) >= 11 is 0. The number of nitrogens with one attached hydrogen (secondary N) is 2. The van der Waals surface area contributed by atoms with Crippen molar-refractivity contribution in [2.75, 3.05) is 11.8 Å². The molecule has 3 heterocycles. The van der Waals surface area contributed by atoms with E-state index >= 15 is 0 Å². The number of hydrogen-bond acceptors (Lipinski definition) is 9. The first kappa shape index (κ1) is 22.8. The van der Waals surface area contributed by atoms with Gasteiger partial charge in [0.1, 0.15) is 5.82 Å². The summed E-state index contributed by atoms with van der Waals surface area (Å²) in [6.07, 6.45) is 7.87. The van der Waals surface area contributed by atoms with Gasteiger partial charge in [0.05, 0.1) is 36.7 Å². The zero-order chi connectivity index (χ0) is 24.3. The maximum absolute atomic E-state index is 13.1. The van der Waals surface area contributed by atoms with Crippen LogP contribution in [0.2, 0.25) is 0 Å². The number of methoxy groups -OCH3 is 1. The minimum absolute atomic E-state index is 0.0853. The van der Waals surface area contributed by atoms with Crippen molar-refractivity contribution < 1.29 is 17.5 Å². The Morgan fingerprint density at radius 2 is 2.03 bits per heavy atom. The van der Waals surface area contributed by atoms with E-state index < -0.39 is 26.6 Å². The molecule has 34 heavy (non-hydrogen) atoms. The summed E-state index contributed by atoms with van der Waals surface area (Å²) in [4.78, 5) is 26.7. The summed E-state index contributed by atoms with van der Waals surface area (Å²) in [5.74, 6) is -0.764. The summed E-state index contributed by atoms with van der Waals surface area (Å²) in [5, 5.41) is 6.95. The molecule has 0 saturated heterocycles. The first-order valence-corrected chi connectivity index (χ1v) is 11.3. The van der Waals surface area contributed by atoms with Crippen molar-refractivity contribution in [3.63, 3.8) is 0 Å². The standard InChI is InChI=1S/C20H17FN8O4S/c1-12(8-15-22-9-14(21)10-23-15)34(31,32)28-20-27-26-17(13-6-4-3-5-7-13)29(20)16-18(30)24-11-25-19(16)33-2/h3-4,6,9-12H,8H2,1-2H3,(H,27,28)(H,24,25,30)/t12-/m0/s1. The number of nitrogens with zero attached hydrogens (tertiary/aromatic N) is 6. The molecule has 0 unspecified atom stereocenters. The van der Waals surface area contributed by atoms with Crippen LogP contribution < -0.4 is 15.0 Å². The fourth-order valence-electron chi connectivity index (χ4n) is 2.98. The molecule has 14 heteroatoms. The highest BCUT2D eigenvalue weighted by molar-refractivity contribution is 7.93. The van der Waals surface area contributed by atoms with Crippen LogP contribution in [0, 0.1) is 5.82 Å². The number of ether oxygens (including phenoxy) is 1. The molecular weight excluding hydrogens is 467 g/mol. The quantitative estimate of drug-likeness (QED) is 0.444. The van der Waals surface area contributed by atoms with Gasteiger partial charge in [0.2, 0.25) is 21.9 Å². The molecule has 174 valence electrons. The minimum Gasteiger partial charge on any atom is -0.479 e. The molecule has 3 aromatic heterocycles. The monoisotopic (exact) mass is 484 g/mol. The Morgan fingerprint density at radius 1 is 1.26 bits per heavy atom. The predicted octanol–water partition coefficient (Wildman–Crippen LogP) is 0.925. The third-order valence-corrected chi connectivity index (χ3v) is 6.37. The fourth-order valence-corrected chi connectivity index (χ4v) is 3.94. The Morgan fingerprint density at radius 3 is 2.71 bits per heavy atom. The molecular formula is C20H17FN8O4S. The summed E-state index contributed by atoms with van der Waals surface area (Å²) < 4.78 is 47.9. The molecule has 3 aromatic rings. The van der Waals surface area contributed by atoms with Gasteiger partial charge < -0.3 is 9.72 Å². The van der Waals surface area contributed by atoms with Crippen molar-refractivity contribution in [3.8, 4) is 11.6 Å². The third-order valence-electron chi connectivity index (χ3n) is 4.67. The Hall–Kier alpha value is -4.38. The Bertz CT molecular complexity index is 1530. The first-order valence-electron chi connectivity index (χ1n) is 9.74. The summed E-state index contributed by atoms with van der Waals surface area (Å²) in [6.45, 7) is 1.42. The number of H-pyrrole nitrogens is 1. The average Bonchev–Trinajstić information content (AvgIpc) is 3.23. The van der Waals surface area contributed by atoms with E-state index in [0.29, 0.717) is 5.57 Å². The number of halogens is 1. The molecule has 0 bridgehead atoms. The molecule has 1 atom stereocenters. The molecule has 0 aliphatic heterocycles. The van der Waals surface area contributed by atoms with Crippen molar-refractivity contribution in [1.82, 2.24) is 34.7 Å². The van der Waals surface area contributed by atoms with Gasteiger partial charge in [0, 0.05) is 6.42 Å². The number of aromatic nitrogens is 7. The number of aromatic amines is 1. The van der Waals surface area contributed by atoms with Crippen molar-refractivity contribution in [1.29, 1.82) is 0 Å². The van der Waals surface area contributed by atoms with Crippen molar-refractivity contribution >= 4 is 21.5 Å². The van der Waals surface area contributed by atoms with E-state index in [9.17, 15) is 17.6 Å². The zero-order valence-electron chi connectivity index (χ0n) is 17.9. The topological polar surface area (TPSA) is 158 Å². The number of anilines is 1. The van der Waals surface area contributed by atoms with Gasteiger partial charge in [-0.25, -0.2) is 32.3 Å². The Kier molecular flexibility index (Phi) is 6.19. The molecule has 0 saturated carbocycles. The highest BCUT2D eigenvalue weighted by Crippen LogP contribution is 2.26. The Labute approximate surface area is 192 Å². The van der Waals surface area contributed by atoms with Gasteiger partial charge >= 0.3 is 0 Å². The Balaban J connectivity index is 1.78. The summed E-state index contributed by atoms with van der Waals surface area (Å²) in [6, 6.07) is 0. The zero-order valence-corrected chi connectivity index (χ0v) is 18.7. The van der Waals surface area contributed by atoms with Crippen LogP contribution in [0.15, 0.2) is 53.2 Å². The maximum atomic E-state index is 13.1. The molecule has 0 aromatic carbocycles. The van der Waals surface area contributed by atoms with Crippen LogP contribution in [0.1, 0.15) is 18.6 Å². The second kappa shape index (κ2) is 9.24. The fraction of sp³-hybridized carbons (Fsp3) is 0.200. The van der Waals surface area contributed by atoms with Gasteiger partial charge in [-0.2, -0.15) is 0 Å². The van der Waals surface area contributed by atoms with E-state index in [0.717, 1.165) is 18.7 Å². The van der Waals surface area contributed by atoms with Gasteiger partial charge in [-0.1, -0.05) is 17.5 Å². The number of rotatable bonds is 8. The van der Waals surface area contributed by atoms with E-state index in [4.69, 9.17) is 4.74 Å². The number of sulfonamides is 1. The van der Waals surface area contributed by atoms with Crippen molar-refractivity contribution in [3.05, 3.63) is 76.2 Å². The summed E-state index contributed by atoms with van der Waals surface area (Å²) in [5.41, 5.74) is 5.23. The smallest absolute Gasteiger partial charge is 0.279 e. The second-order valence-electron chi connectivity index (χ2n) is 6.96. The van der Waals surface area contributed by atoms with Crippen molar-refractivity contribution in [2.45, 2.75) is 18.6 Å². The SMILES string of the molecule is COc1nc[nH]c(=O)c1-n1c(NS(=O)(=O)[C@@H](C)Cc2ncc(F)cn2)nnc1C1=C=C=CC=C1. The third kappa shape index (κ3) is 4.55. The lowest BCUT2D eigenvalue weighted by Crippen LogP contribution is -2.30. The maximum Gasteiger partial charge on any atom is 0.279 e. The highest BCUT2D eigenvalue weighted by Gasteiger charge is 2.29. The molecule has 4 rings (SSSR count). The van der Waals surface area contributed by atoms with E-state index in [1.54, 1.807) is 18.2 Å². The number of allylic oxidation sites excluding steroid dienone is 4. The van der Waals surface area contributed by atoms with Gasteiger partial charge in [-0.3, -0.25) is 9.52 Å². The molecule has 0 radical (unpaired) electrons. The molecule has 0 amide bonds. The lowest BCUT2D eigenvalue weighted by molar-refractivity contribution is 0.394. The van der Waals surface area contributed by atoms with Gasteiger partial charge in [-0.15, -0.1) is 10.2 Å². The van der Waals surface area contributed by atoms with Crippen LogP contribution in [0.3, 0.4) is 0 Å². The molecule has 0 fully saturated rings. The van der Waals surface area contributed by atoms with Crippen LogP contribution in [-0.2, 0) is 16.4 Å². The van der Waals surface area contributed by atoms with E-state index in [1.165, 1.54) is 18.6 Å². The lowest BCUT2D eigenvalue weighted by atomic mass is 10.2. The van der Waals surface area contributed by atoms with Crippen LogP contribution in [0.25, 0.3) is 11.3 Å². The van der Waals surface area contributed by atoms with Crippen LogP contribution >= 0.6 is 0 Å². The highest BCUT2D eigenvalue weighted by atomic mass is 32.2. The number of hydrogen-bond donors (Lipinski definition) is 2. The van der Waals surface area contributed by atoms with E-state index in [2.05, 4.69) is 46.3 Å². The molecule has 2 N–H and O–H groups in total. The molecule has 1 aliphatic carbocycles. The average molecular weight is 484 g/mol. The van der Waals surface area contributed by atoms with E-state index in [-0.39, 0.29) is 35.6 Å². The van der Waals surface area contributed by atoms with Crippen LogP contribution in [-0.4, -0.2) is 55.5 Å².